The van der Waals surface area contributed by atoms with Crippen molar-refractivity contribution in [2.24, 2.45) is 7.05 Å². The lowest BCUT2D eigenvalue weighted by molar-refractivity contribution is 0.249. The van der Waals surface area contributed by atoms with Crippen molar-refractivity contribution in [3.63, 3.8) is 0 Å². The maximum atomic E-state index is 13.0. The molecule has 0 spiro atoms. The molecule has 0 aliphatic heterocycles. The summed E-state index contributed by atoms with van der Waals surface area (Å²) in [5.41, 5.74) is 2.07. The summed E-state index contributed by atoms with van der Waals surface area (Å²) in [4.78, 5) is 30.3. The van der Waals surface area contributed by atoms with Gasteiger partial charge in [0.2, 0.25) is 0 Å². The number of H-pyrrole nitrogens is 1. The Morgan fingerprint density at radius 1 is 1.03 bits per heavy atom. The smallest absolute Gasteiger partial charge is 0.320 e. The molecule has 3 N–H and O–H groups in total. The fourth-order valence-electron chi connectivity index (χ4n) is 3.42. The van der Waals surface area contributed by atoms with Crippen LogP contribution in [0.15, 0.2) is 65.5 Å². The first-order valence-corrected chi connectivity index (χ1v) is 9.81. The monoisotopic (exact) mass is 417 g/mol. The van der Waals surface area contributed by atoms with E-state index in [4.69, 9.17) is 0 Å². The van der Waals surface area contributed by atoms with Crippen molar-refractivity contribution in [3.05, 3.63) is 93.9 Å². The molecule has 31 heavy (non-hydrogen) atoms. The number of nitrogens with one attached hydrogen (secondary N) is 3. The summed E-state index contributed by atoms with van der Waals surface area (Å²) in [6, 6.07) is 17.6. The summed E-state index contributed by atoms with van der Waals surface area (Å²) in [5, 5.41) is 12.6. The van der Waals surface area contributed by atoms with E-state index in [0.29, 0.717) is 23.0 Å². The standard InChI is InChI=1S/C22H23N7O2/c1-14-18(21(30)29(28(14)3)17-12-8-5-9-13-17)24-22(31)25-19(16-10-6-4-7-11-16)20-23-15(2)26-27-20/h4-13,19H,1-3H3,(H,23,26,27)(H2,24,25,31). The predicted molar refractivity (Wildman–Crippen MR) is 117 cm³/mol. The number of aromatic amines is 1. The third kappa shape index (κ3) is 3.97. The molecular weight excluding hydrogens is 394 g/mol. The normalized spacial score (nSPS) is 11.8. The molecule has 2 amide bonds. The van der Waals surface area contributed by atoms with Crippen LogP contribution in [0.25, 0.3) is 5.69 Å². The summed E-state index contributed by atoms with van der Waals surface area (Å²) in [6.45, 7) is 3.57. The van der Waals surface area contributed by atoms with Crippen LogP contribution in [0.2, 0.25) is 0 Å². The Kier molecular flexibility index (Phi) is 5.40. The molecule has 4 aromatic rings. The van der Waals surface area contributed by atoms with Gasteiger partial charge in [0.05, 0.1) is 11.4 Å². The third-order valence-corrected chi connectivity index (χ3v) is 5.07. The Morgan fingerprint density at radius 3 is 2.29 bits per heavy atom. The van der Waals surface area contributed by atoms with Crippen LogP contribution in [-0.4, -0.2) is 30.6 Å². The van der Waals surface area contributed by atoms with Crippen molar-refractivity contribution in [2.45, 2.75) is 19.9 Å². The van der Waals surface area contributed by atoms with Gasteiger partial charge in [0, 0.05) is 7.05 Å². The summed E-state index contributed by atoms with van der Waals surface area (Å²) < 4.78 is 3.22. The molecule has 2 aromatic carbocycles. The van der Waals surface area contributed by atoms with Gasteiger partial charge in [0.1, 0.15) is 17.6 Å². The molecule has 0 saturated heterocycles. The highest BCUT2D eigenvalue weighted by Crippen LogP contribution is 2.20. The van der Waals surface area contributed by atoms with Crippen LogP contribution in [-0.2, 0) is 7.05 Å². The number of para-hydroxylation sites is 1. The molecule has 0 aliphatic rings. The highest BCUT2D eigenvalue weighted by Gasteiger charge is 2.23. The molecule has 9 nitrogen and oxygen atoms in total. The van der Waals surface area contributed by atoms with E-state index < -0.39 is 12.1 Å². The molecule has 0 saturated carbocycles. The van der Waals surface area contributed by atoms with Gasteiger partial charge in [-0.1, -0.05) is 48.5 Å². The molecule has 1 atom stereocenters. The Hall–Kier alpha value is -4.14. The van der Waals surface area contributed by atoms with Crippen molar-refractivity contribution in [1.82, 2.24) is 29.9 Å². The second-order valence-corrected chi connectivity index (χ2v) is 7.16. The minimum atomic E-state index is -0.577. The molecule has 158 valence electrons. The number of aromatic nitrogens is 5. The van der Waals surface area contributed by atoms with Gasteiger partial charge in [-0.15, -0.1) is 0 Å². The van der Waals surface area contributed by atoms with Crippen LogP contribution in [0.1, 0.15) is 28.9 Å². The molecule has 1 unspecified atom stereocenters. The van der Waals surface area contributed by atoms with Gasteiger partial charge in [-0.3, -0.25) is 14.6 Å². The molecule has 2 aromatic heterocycles. The highest BCUT2D eigenvalue weighted by molar-refractivity contribution is 5.90. The fourth-order valence-corrected chi connectivity index (χ4v) is 3.42. The van der Waals surface area contributed by atoms with E-state index in [0.717, 1.165) is 5.56 Å². The number of benzene rings is 2. The van der Waals surface area contributed by atoms with Crippen LogP contribution < -0.4 is 16.2 Å². The number of amides is 2. The number of nitrogens with zero attached hydrogens (tertiary/aromatic N) is 4. The van der Waals surface area contributed by atoms with Gasteiger partial charge in [-0.2, -0.15) is 5.10 Å². The number of anilines is 1. The minimum absolute atomic E-state index is 0.210. The van der Waals surface area contributed by atoms with Crippen LogP contribution in [0.4, 0.5) is 10.5 Å². The molecule has 4 rings (SSSR count). The third-order valence-electron chi connectivity index (χ3n) is 5.07. The largest absolute Gasteiger partial charge is 0.324 e. The number of aryl methyl sites for hydroxylation is 1. The molecule has 2 heterocycles. The first-order valence-electron chi connectivity index (χ1n) is 9.81. The quantitative estimate of drug-likeness (QED) is 0.464. The van der Waals surface area contributed by atoms with Gasteiger partial charge >= 0.3 is 6.03 Å². The second-order valence-electron chi connectivity index (χ2n) is 7.16. The van der Waals surface area contributed by atoms with Crippen LogP contribution in [0, 0.1) is 13.8 Å². The van der Waals surface area contributed by atoms with E-state index in [1.165, 1.54) is 4.68 Å². The number of urea groups is 1. The molecule has 0 bridgehead atoms. The zero-order chi connectivity index (χ0) is 22.0. The Balaban J connectivity index is 1.63. The maximum Gasteiger partial charge on any atom is 0.320 e. The van der Waals surface area contributed by atoms with E-state index in [1.54, 1.807) is 25.6 Å². The lowest BCUT2D eigenvalue weighted by Crippen LogP contribution is -2.35. The van der Waals surface area contributed by atoms with Crippen LogP contribution >= 0.6 is 0 Å². The lowest BCUT2D eigenvalue weighted by atomic mass is 10.1. The average Bonchev–Trinajstić information content (AvgIpc) is 3.30. The van der Waals surface area contributed by atoms with E-state index in [2.05, 4.69) is 25.8 Å². The minimum Gasteiger partial charge on any atom is -0.324 e. The van der Waals surface area contributed by atoms with Crippen molar-refractivity contribution < 1.29 is 4.79 Å². The molecule has 0 radical (unpaired) electrons. The first kappa shape index (κ1) is 20.1. The van der Waals surface area contributed by atoms with Gasteiger partial charge in [-0.05, 0) is 31.5 Å². The SMILES string of the molecule is Cc1nc(C(NC(=O)Nc2c(C)n(C)n(-c3ccccc3)c2=O)c2ccccc2)n[nH]1. The van der Waals surface area contributed by atoms with Crippen molar-refractivity contribution >= 4 is 11.7 Å². The van der Waals surface area contributed by atoms with E-state index in [9.17, 15) is 9.59 Å². The predicted octanol–water partition coefficient (Wildman–Crippen LogP) is 2.82. The lowest BCUT2D eigenvalue weighted by Gasteiger charge is -2.16. The van der Waals surface area contributed by atoms with Gasteiger partial charge in [-0.25, -0.2) is 14.5 Å². The summed E-state index contributed by atoms with van der Waals surface area (Å²) in [7, 11) is 1.77. The summed E-state index contributed by atoms with van der Waals surface area (Å²) in [5.74, 6) is 1.08. The topological polar surface area (TPSA) is 110 Å². The average molecular weight is 417 g/mol. The maximum absolute atomic E-state index is 13.0. The van der Waals surface area contributed by atoms with Gasteiger partial charge in [0.15, 0.2) is 5.82 Å². The molecular formula is C22H23N7O2. The Bertz CT molecular complexity index is 1260. The van der Waals surface area contributed by atoms with Crippen molar-refractivity contribution in [3.8, 4) is 5.69 Å². The molecule has 0 fully saturated rings. The Labute approximate surface area is 178 Å². The number of rotatable bonds is 5. The van der Waals surface area contributed by atoms with Crippen LogP contribution in [0.3, 0.4) is 0 Å². The zero-order valence-electron chi connectivity index (χ0n) is 17.5. The van der Waals surface area contributed by atoms with E-state index in [-0.39, 0.29) is 11.2 Å². The Morgan fingerprint density at radius 2 is 1.68 bits per heavy atom. The van der Waals surface area contributed by atoms with E-state index in [1.807, 2.05) is 60.7 Å². The highest BCUT2D eigenvalue weighted by atomic mass is 16.2. The molecule has 9 heteroatoms. The van der Waals surface area contributed by atoms with E-state index >= 15 is 0 Å². The van der Waals surface area contributed by atoms with Gasteiger partial charge < -0.3 is 10.6 Å². The molecule has 0 aliphatic carbocycles. The number of hydrogen-bond acceptors (Lipinski definition) is 4. The zero-order valence-corrected chi connectivity index (χ0v) is 17.5. The van der Waals surface area contributed by atoms with Gasteiger partial charge in [0.25, 0.3) is 5.56 Å². The second kappa shape index (κ2) is 8.31. The van der Waals surface area contributed by atoms with Crippen molar-refractivity contribution in [2.75, 3.05) is 5.32 Å². The fraction of sp³-hybridized carbons (Fsp3) is 0.182. The number of carbonyl (C=O) groups is 1. The van der Waals surface area contributed by atoms with Crippen LogP contribution in [0.5, 0.6) is 0 Å². The van der Waals surface area contributed by atoms with Crippen molar-refractivity contribution in [1.29, 1.82) is 0 Å². The number of carbonyl (C=O) groups excluding carboxylic acids is 1. The number of hydrogen-bond donors (Lipinski definition) is 3. The summed E-state index contributed by atoms with van der Waals surface area (Å²) >= 11 is 0. The summed E-state index contributed by atoms with van der Waals surface area (Å²) in [6.07, 6.45) is 0. The first-order chi connectivity index (χ1) is 15.0.